The molecule has 1 amide bonds. The van der Waals surface area contributed by atoms with Gasteiger partial charge in [-0.2, -0.15) is 13.2 Å². The molecule has 0 spiro atoms. The summed E-state index contributed by atoms with van der Waals surface area (Å²) in [5.41, 5.74) is -0.0785. The molecule has 13 heteroatoms. The van der Waals surface area contributed by atoms with E-state index in [2.05, 4.69) is 5.16 Å². The van der Waals surface area contributed by atoms with Gasteiger partial charge in [-0.3, -0.25) is 4.79 Å². The highest BCUT2D eigenvalue weighted by molar-refractivity contribution is 6.62. The third-order valence-electron chi connectivity index (χ3n) is 7.94. The zero-order chi connectivity index (χ0) is 30.9. The molecule has 0 fully saturated rings. The molecule has 222 valence electrons. The lowest BCUT2D eigenvalue weighted by atomic mass is 9.77. The second kappa shape index (κ2) is 10.3. The summed E-state index contributed by atoms with van der Waals surface area (Å²) in [7, 11) is 0.607. The molecule has 1 N–H and O–H groups in total. The fourth-order valence-electron chi connectivity index (χ4n) is 5.80. The van der Waals surface area contributed by atoms with Gasteiger partial charge in [-0.1, -0.05) is 46.6 Å². The Morgan fingerprint density at radius 3 is 2.53 bits per heavy atom. The minimum atomic E-state index is -4.84. The summed E-state index contributed by atoms with van der Waals surface area (Å²) in [6.07, 6.45) is -3.81. The van der Waals surface area contributed by atoms with Crippen LogP contribution in [0.4, 0.5) is 13.2 Å². The second-order valence-corrected chi connectivity index (χ2v) is 12.1. The number of hydrogen-bond donors (Lipinski definition) is 1. The van der Waals surface area contributed by atoms with Gasteiger partial charge in [-0.15, -0.1) is 0 Å². The third-order valence-corrected chi connectivity index (χ3v) is 8.37. The SMILES string of the molecule is CN(Cc1ccc2c(c1)B(O)OC2(C)C)C(=O)c1ccc(C2=NOC(c3cc(Cl)cc(Cl)c3)(C(F)(F)F)C2)n2cccc12. The van der Waals surface area contributed by atoms with E-state index in [1.54, 1.807) is 41.9 Å². The molecule has 0 saturated heterocycles. The summed E-state index contributed by atoms with van der Waals surface area (Å²) in [6, 6.07) is 15.8. The molecule has 1 unspecified atom stereocenters. The van der Waals surface area contributed by atoms with Gasteiger partial charge in [0.25, 0.3) is 11.5 Å². The molecule has 2 aliphatic heterocycles. The van der Waals surface area contributed by atoms with Crippen LogP contribution >= 0.6 is 23.2 Å². The van der Waals surface area contributed by atoms with Gasteiger partial charge in [0.15, 0.2) is 0 Å². The van der Waals surface area contributed by atoms with Crippen molar-refractivity contribution < 1.29 is 32.5 Å². The molecule has 1 atom stereocenters. The van der Waals surface area contributed by atoms with Crippen molar-refractivity contribution in [1.82, 2.24) is 9.30 Å². The van der Waals surface area contributed by atoms with Gasteiger partial charge in [-0.25, -0.2) is 0 Å². The predicted octanol–water partition coefficient (Wildman–Crippen LogP) is 6.05. The first kappa shape index (κ1) is 29.6. The molecule has 0 bridgehead atoms. The fourth-order valence-corrected chi connectivity index (χ4v) is 6.33. The van der Waals surface area contributed by atoms with Crippen molar-refractivity contribution in [2.45, 2.75) is 44.2 Å². The monoisotopic (exact) mass is 629 g/mol. The summed E-state index contributed by atoms with van der Waals surface area (Å²) in [5.74, 6) is -0.296. The molecule has 2 aromatic heterocycles. The Hall–Kier alpha value is -3.51. The van der Waals surface area contributed by atoms with Crippen LogP contribution in [0.1, 0.15) is 53.0 Å². The van der Waals surface area contributed by atoms with E-state index < -0.39 is 30.9 Å². The van der Waals surface area contributed by atoms with E-state index in [1.807, 2.05) is 32.0 Å². The van der Waals surface area contributed by atoms with Gasteiger partial charge >= 0.3 is 13.3 Å². The normalized spacial score (nSPS) is 19.4. The summed E-state index contributed by atoms with van der Waals surface area (Å²) < 4.78 is 50.8. The molecule has 2 aliphatic rings. The number of pyridine rings is 1. The van der Waals surface area contributed by atoms with Gasteiger partial charge in [-0.05, 0) is 72.9 Å². The van der Waals surface area contributed by atoms with Crippen LogP contribution in [0.5, 0.6) is 0 Å². The Balaban J connectivity index is 1.28. The molecule has 6 rings (SSSR count). The molecule has 0 aliphatic carbocycles. The van der Waals surface area contributed by atoms with Crippen molar-refractivity contribution in [3.8, 4) is 0 Å². The molecule has 0 saturated carbocycles. The molecule has 4 aromatic rings. The Bertz CT molecular complexity index is 1790. The van der Waals surface area contributed by atoms with Crippen molar-refractivity contribution in [2.24, 2.45) is 5.16 Å². The maximum Gasteiger partial charge on any atom is 0.492 e. The van der Waals surface area contributed by atoms with E-state index in [0.29, 0.717) is 22.2 Å². The number of carbonyl (C=O) groups excluding carboxylic acids is 1. The maximum atomic E-state index is 14.5. The van der Waals surface area contributed by atoms with Crippen molar-refractivity contribution in [2.75, 3.05) is 7.05 Å². The Kier molecular flexibility index (Phi) is 7.08. The number of amides is 1. The van der Waals surface area contributed by atoms with Crippen LogP contribution in [0.15, 0.2) is 72.0 Å². The lowest BCUT2D eigenvalue weighted by molar-refractivity contribution is -0.275. The number of hydrogen-bond acceptors (Lipinski definition) is 5. The largest absolute Gasteiger partial charge is 0.492 e. The first-order valence-corrected chi connectivity index (χ1v) is 14.1. The van der Waals surface area contributed by atoms with Crippen LogP contribution in [0.2, 0.25) is 10.0 Å². The number of aromatic nitrogens is 1. The van der Waals surface area contributed by atoms with Crippen LogP contribution in [-0.2, 0) is 27.2 Å². The molecule has 0 radical (unpaired) electrons. The van der Waals surface area contributed by atoms with Crippen LogP contribution in [-0.4, -0.2) is 46.3 Å². The van der Waals surface area contributed by atoms with Crippen molar-refractivity contribution in [1.29, 1.82) is 0 Å². The van der Waals surface area contributed by atoms with Crippen molar-refractivity contribution >= 4 is 52.9 Å². The number of alkyl halides is 3. The molecular weight excluding hydrogens is 605 g/mol. The number of fused-ring (bicyclic) bond motifs is 2. The quantitative estimate of drug-likeness (QED) is 0.273. The second-order valence-electron chi connectivity index (χ2n) is 11.2. The van der Waals surface area contributed by atoms with Gasteiger partial charge in [0.1, 0.15) is 5.71 Å². The molecular formula is C30H25BCl2F3N3O4. The van der Waals surface area contributed by atoms with Crippen LogP contribution in [0, 0.1) is 0 Å². The first-order valence-electron chi connectivity index (χ1n) is 13.3. The Morgan fingerprint density at radius 2 is 1.84 bits per heavy atom. The minimum Gasteiger partial charge on any atom is -0.423 e. The maximum absolute atomic E-state index is 14.5. The van der Waals surface area contributed by atoms with Crippen LogP contribution in [0.25, 0.3) is 5.52 Å². The number of rotatable bonds is 5. The minimum absolute atomic E-state index is 0.0381. The van der Waals surface area contributed by atoms with Gasteiger partial charge in [0, 0.05) is 35.4 Å². The Morgan fingerprint density at radius 1 is 1.12 bits per heavy atom. The average Bonchev–Trinajstić information content (AvgIpc) is 3.64. The summed E-state index contributed by atoms with van der Waals surface area (Å²) >= 11 is 12.0. The van der Waals surface area contributed by atoms with Gasteiger partial charge in [0.2, 0.25) is 0 Å². The fraction of sp³-hybridized carbons (Fsp3) is 0.267. The predicted molar refractivity (Wildman–Crippen MR) is 158 cm³/mol. The molecule has 2 aromatic carbocycles. The number of benzene rings is 2. The molecule has 43 heavy (non-hydrogen) atoms. The highest BCUT2D eigenvalue weighted by Gasteiger charge is 2.62. The standard InChI is InChI=1S/C30H25BCl2F3N3O4/c1-28(2)22-8-6-17(11-23(22)31(41)42-28)16-38(3)27(40)21-7-9-26(39-10-4-5-25(21)39)24-15-29(43-37-24,30(34,35)36)18-12-19(32)14-20(33)13-18/h4-14,41H,15-16H2,1-3H3. The van der Waals surface area contributed by atoms with E-state index in [1.165, 1.54) is 11.0 Å². The first-order chi connectivity index (χ1) is 20.2. The van der Waals surface area contributed by atoms with Crippen molar-refractivity contribution in [3.63, 3.8) is 0 Å². The number of nitrogens with zero attached hydrogens (tertiary/aromatic N) is 3. The zero-order valence-electron chi connectivity index (χ0n) is 23.2. The molecule has 7 nitrogen and oxygen atoms in total. The van der Waals surface area contributed by atoms with Crippen LogP contribution < -0.4 is 5.46 Å². The summed E-state index contributed by atoms with van der Waals surface area (Å²) in [6.45, 7) is 4.01. The highest BCUT2D eigenvalue weighted by Crippen LogP contribution is 2.49. The number of halogens is 5. The van der Waals surface area contributed by atoms with E-state index in [4.69, 9.17) is 32.7 Å². The van der Waals surface area contributed by atoms with E-state index >= 15 is 0 Å². The van der Waals surface area contributed by atoms with Gasteiger partial charge in [0.05, 0.1) is 28.8 Å². The lowest BCUT2D eigenvalue weighted by Crippen LogP contribution is -2.42. The molecule has 4 heterocycles. The number of carbonyl (C=O) groups is 1. The highest BCUT2D eigenvalue weighted by atomic mass is 35.5. The van der Waals surface area contributed by atoms with E-state index in [-0.39, 0.29) is 33.8 Å². The third kappa shape index (κ3) is 4.98. The smallest absolute Gasteiger partial charge is 0.423 e. The zero-order valence-corrected chi connectivity index (χ0v) is 24.8. The average molecular weight is 630 g/mol. The summed E-state index contributed by atoms with van der Waals surface area (Å²) in [5, 5.41) is 14.3. The topological polar surface area (TPSA) is 75.8 Å². The Labute approximate surface area is 255 Å². The van der Waals surface area contributed by atoms with E-state index in [0.717, 1.165) is 23.3 Å². The van der Waals surface area contributed by atoms with E-state index in [9.17, 15) is 23.0 Å². The summed E-state index contributed by atoms with van der Waals surface area (Å²) in [4.78, 5) is 20.3. The number of oxime groups is 1. The van der Waals surface area contributed by atoms with Crippen LogP contribution in [0.3, 0.4) is 0 Å². The van der Waals surface area contributed by atoms with Gasteiger partial charge < -0.3 is 23.8 Å². The lowest BCUT2D eigenvalue weighted by Gasteiger charge is -2.29. The van der Waals surface area contributed by atoms with Crippen molar-refractivity contribution in [3.05, 3.63) is 105 Å².